The zero-order valence-corrected chi connectivity index (χ0v) is 24.4. The maximum absolute atomic E-state index is 13.3. The highest BCUT2D eigenvalue weighted by Crippen LogP contribution is 2.38. The van der Waals surface area contributed by atoms with Crippen LogP contribution in [0.15, 0.2) is 72.8 Å². The van der Waals surface area contributed by atoms with Crippen LogP contribution in [-0.4, -0.2) is 77.4 Å². The summed E-state index contributed by atoms with van der Waals surface area (Å²) < 4.78 is 37.2. The molecule has 2 heterocycles. The number of sulfonamides is 1. The van der Waals surface area contributed by atoms with E-state index in [9.17, 15) is 18.0 Å². The van der Waals surface area contributed by atoms with Crippen LogP contribution in [0.25, 0.3) is 11.3 Å². The van der Waals surface area contributed by atoms with E-state index in [2.05, 4.69) is 15.5 Å². The summed E-state index contributed by atoms with van der Waals surface area (Å²) in [5.74, 6) is -0.762. The number of nitrogens with one attached hydrogen (secondary N) is 2. The second kappa shape index (κ2) is 12.8. The number of carbonyl (C=O) groups excluding carboxylic acids is 2. The van der Waals surface area contributed by atoms with Gasteiger partial charge in [0.2, 0.25) is 10.0 Å². The van der Waals surface area contributed by atoms with Gasteiger partial charge in [0.1, 0.15) is 0 Å². The molecule has 5 rings (SSSR count). The largest absolute Gasteiger partial charge is 0.462 e. The van der Waals surface area contributed by atoms with Crippen LogP contribution in [0.2, 0.25) is 0 Å². The third kappa shape index (κ3) is 6.64. The predicted molar refractivity (Wildman–Crippen MR) is 164 cm³/mol. The zero-order chi connectivity index (χ0) is 29.7. The molecule has 0 bridgehead atoms. The van der Waals surface area contributed by atoms with Gasteiger partial charge in [-0.05, 0) is 48.9 Å². The molecule has 0 aliphatic carbocycles. The Balaban J connectivity index is 1.45. The Morgan fingerprint density at radius 3 is 2.40 bits per heavy atom. The lowest BCUT2D eigenvalue weighted by Crippen LogP contribution is -2.43. The predicted octanol–water partition coefficient (Wildman–Crippen LogP) is 3.89. The van der Waals surface area contributed by atoms with Crippen LogP contribution in [0.1, 0.15) is 28.4 Å². The summed E-state index contributed by atoms with van der Waals surface area (Å²) in [6.45, 7) is 5.77. The van der Waals surface area contributed by atoms with Crippen LogP contribution in [0.5, 0.6) is 0 Å². The maximum Gasteiger partial charge on any atom is 0.338 e. The van der Waals surface area contributed by atoms with Gasteiger partial charge in [-0.25, -0.2) is 13.2 Å². The van der Waals surface area contributed by atoms with Crippen molar-refractivity contribution in [3.63, 3.8) is 0 Å². The Hall–Kier alpha value is -4.19. The minimum Gasteiger partial charge on any atom is -0.462 e. The van der Waals surface area contributed by atoms with E-state index in [0.29, 0.717) is 65.8 Å². The number of nitrogens with zero attached hydrogens (tertiary/aromatic N) is 2. The number of benzene rings is 3. The Kier molecular flexibility index (Phi) is 8.91. The Bertz CT molecular complexity index is 1580. The van der Waals surface area contributed by atoms with E-state index in [4.69, 9.17) is 9.47 Å². The number of morpholine rings is 1. The van der Waals surface area contributed by atoms with E-state index in [0.717, 1.165) is 18.7 Å². The summed E-state index contributed by atoms with van der Waals surface area (Å²) in [6, 6.07) is 21.6. The Morgan fingerprint density at radius 2 is 1.74 bits per heavy atom. The highest BCUT2D eigenvalue weighted by molar-refractivity contribution is 7.92. The van der Waals surface area contributed by atoms with Gasteiger partial charge >= 0.3 is 5.97 Å². The van der Waals surface area contributed by atoms with Crippen LogP contribution in [-0.2, 0) is 24.3 Å². The van der Waals surface area contributed by atoms with Crippen molar-refractivity contribution >= 4 is 50.2 Å². The molecule has 1 amide bonds. The van der Waals surface area contributed by atoms with E-state index in [-0.39, 0.29) is 12.5 Å². The molecule has 0 radical (unpaired) electrons. The maximum atomic E-state index is 13.3. The first kappa shape index (κ1) is 29.3. The van der Waals surface area contributed by atoms with E-state index in [1.54, 1.807) is 49.4 Å². The van der Waals surface area contributed by atoms with Gasteiger partial charge in [-0.15, -0.1) is 0 Å². The summed E-state index contributed by atoms with van der Waals surface area (Å²) in [5, 5.41) is 6.26. The first-order valence-electron chi connectivity index (χ1n) is 13.8. The minimum atomic E-state index is -3.51. The summed E-state index contributed by atoms with van der Waals surface area (Å²) in [7, 11) is -3.51. The highest BCUT2D eigenvalue weighted by Gasteiger charge is 2.29. The summed E-state index contributed by atoms with van der Waals surface area (Å²) >= 11 is 0. The molecular formula is C31H34N4O6S. The van der Waals surface area contributed by atoms with Gasteiger partial charge in [0.15, 0.2) is 0 Å². The number of esters is 1. The molecule has 1 fully saturated rings. The van der Waals surface area contributed by atoms with E-state index in [1.807, 2.05) is 30.3 Å². The molecule has 11 heteroatoms. The Morgan fingerprint density at radius 1 is 1.02 bits per heavy atom. The number of carbonyl (C=O) groups is 2. The lowest BCUT2D eigenvalue weighted by atomic mass is 9.99. The van der Waals surface area contributed by atoms with Crippen LogP contribution in [0.3, 0.4) is 0 Å². The monoisotopic (exact) mass is 590 g/mol. The molecule has 0 saturated carbocycles. The molecule has 3 aromatic rings. The summed E-state index contributed by atoms with van der Waals surface area (Å²) in [5.41, 5.74) is 4.56. The molecule has 10 nitrogen and oxygen atoms in total. The summed E-state index contributed by atoms with van der Waals surface area (Å²) in [6.07, 6.45) is 1.21. The summed E-state index contributed by atoms with van der Waals surface area (Å²) in [4.78, 5) is 27.7. The standard InChI is InChI=1S/C31H34N4O6S/c1-3-41-31(37)23-9-14-26-27(21-23)33-30(36)28(26)29(22-7-5-4-6-8-22)32-24-10-12-25(13-11-24)35(42(2,38)39)16-15-34-17-19-40-20-18-34/h4-14,21,32H,3,15-20H2,1-2H3,(H,33,36)/b29-28-. The molecule has 220 valence electrons. The molecule has 2 aliphatic rings. The quantitative estimate of drug-likeness (QED) is 0.270. The van der Waals surface area contributed by atoms with Crippen molar-refractivity contribution in [2.75, 3.05) is 67.2 Å². The fourth-order valence-corrected chi connectivity index (χ4v) is 5.96. The topological polar surface area (TPSA) is 117 Å². The second-order valence-electron chi connectivity index (χ2n) is 10.0. The number of fused-ring (bicyclic) bond motifs is 1. The van der Waals surface area contributed by atoms with Crippen LogP contribution < -0.4 is 14.9 Å². The number of ether oxygens (including phenoxy) is 2. The first-order chi connectivity index (χ1) is 20.2. The van der Waals surface area contributed by atoms with E-state index in [1.165, 1.54) is 10.6 Å². The smallest absolute Gasteiger partial charge is 0.338 e. The highest BCUT2D eigenvalue weighted by atomic mass is 32.2. The number of rotatable bonds is 10. The zero-order valence-electron chi connectivity index (χ0n) is 23.6. The molecule has 42 heavy (non-hydrogen) atoms. The van der Waals surface area contributed by atoms with Gasteiger partial charge in [-0.2, -0.15) is 0 Å². The van der Waals surface area contributed by atoms with Crippen LogP contribution >= 0.6 is 0 Å². The third-order valence-electron chi connectivity index (χ3n) is 7.14. The van der Waals surface area contributed by atoms with Crippen molar-refractivity contribution in [2.24, 2.45) is 0 Å². The molecule has 2 aliphatic heterocycles. The van der Waals surface area contributed by atoms with Crippen molar-refractivity contribution in [1.82, 2.24) is 4.90 Å². The van der Waals surface area contributed by atoms with Crippen molar-refractivity contribution < 1.29 is 27.5 Å². The number of hydrogen-bond acceptors (Lipinski definition) is 8. The second-order valence-corrected chi connectivity index (χ2v) is 11.9. The van der Waals surface area contributed by atoms with Gasteiger partial charge in [-0.1, -0.05) is 36.4 Å². The minimum absolute atomic E-state index is 0.254. The van der Waals surface area contributed by atoms with Gasteiger partial charge in [0.25, 0.3) is 5.91 Å². The number of hydrogen-bond donors (Lipinski definition) is 2. The van der Waals surface area contributed by atoms with Crippen LogP contribution in [0, 0.1) is 0 Å². The molecule has 2 N–H and O–H groups in total. The normalized spacial score (nSPS) is 16.4. The van der Waals surface area contributed by atoms with Crippen molar-refractivity contribution in [3.8, 4) is 0 Å². The van der Waals surface area contributed by atoms with Crippen molar-refractivity contribution in [1.29, 1.82) is 0 Å². The molecule has 3 aromatic carbocycles. The SMILES string of the molecule is CCOC(=O)c1ccc2c(c1)NC(=O)/C2=C(\Nc1ccc(N(CCN2CCOCC2)S(C)(=O)=O)cc1)c1ccccc1. The average Bonchev–Trinajstić information content (AvgIpc) is 3.31. The molecule has 0 spiro atoms. The lowest BCUT2D eigenvalue weighted by molar-refractivity contribution is -0.110. The van der Waals surface area contributed by atoms with Crippen molar-refractivity contribution in [3.05, 3.63) is 89.5 Å². The number of amides is 1. The van der Waals surface area contributed by atoms with Gasteiger partial charge in [0.05, 0.1) is 54.3 Å². The third-order valence-corrected chi connectivity index (χ3v) is 8.33. The molecular weight excluding hydrogens is 556 g/mol. The number of anilines is 3. The van der Waals surface area contributed by atoms with Gasteiger partial charge in [0, 0.05) is 37.4 Å². The fourth-order valence-electron chi connectivity index (χ4n) is 5.05. The van der Waals surface area contributed by atoms with E-state index < -0.39 is 16.0 Å². The first-order valence-corrected chi connectivity index (χ1v) is 15.7. The molecule has 0 atom stereocenters. The van der Waals surface area contributed by atoms with Crippen LogP contribution in [0.4, 0.5) is 17.1 Å². The molecule has 1 saturated heterocycles. The Labute approximate surface area is 246 Å². The fraction of sp³-hybridized carbons (Fsp3) is 0.290. The molecule has 0 aromatic heterocycles. The van der Waals surface area contributed by atoms with E-state index >= 15 is 0 Å². The van der Waals surface area contributed by atoms with Gasteiger partial charge < -0.3 is 20.1 Å². The van der Waals surface area contributed by atoms with Crippen molar-refractivity contribution in [2.45, 2.75) is 6.92 Å². The van der Waals surface area contributed by atoms with Gasteiger partial charge in [-0.3, -0.25) is 14.0 Å². The lowest BCUT2D eigenvalue weighted by Gasteiger charge is -2.30. The molecule has 0 unspecified atom stereocenters. The average molecular weight is 591 g/mol.